The molecule has 38 heavy (non-hydrogen) atoms. The van der Waals surface area contributed by atoms with Gasteiger partial charge in [0.2, 0.25) is 11.8 Å². The molecule has 1 heterocycles. The molecular formula is C30H23ClN2O5. The molecule has 2 amide bonds. The van der Waals surface area contributed by atoms with Crippen molar-refractivity contribution in [2.45, 2.75) is 20.3 Å². The van der Waals surface area contributed by atoms with E-state index in [4.69, 9.17) is 11.6 Å². The Morgan fingerprint density at radius 1 is 0.868 bits per heavy atom. The maximum Gasteiger partial charge on any atom is 0.271 e. The highest BCUT2D eigenvalue weighted by molar-refractivity contribution is 6.39. The minimum atomic E-state index is -1.28. The summed E-state index contributed by atoms with van der Waals surface area (Å²) in [5.74, 6) is -3.15. The van der Waals surface area contributed by atoms with Crippen LogP contribution in [0.5, 0.6) is 0 Å². The summed E-state index contributed by atoms with van der Waals surface area (Å²) in [5.41, 5.74) is 0.348. The monoisotopic (exact) mass is 526 g/mol. The first-order valence-electron chi connectivity index (χ1n) is 12.4. The summed E-state index contributed by atoms with van der Waals surface area (Å²) in [6.45, 7) is 3.64. The molecule has 3 aliphatic rings. The lowest BCUT2D eigenvalue weighted by molar-refractivity contribution is -0.384. The van der Waals surface area contributed by atoms with Gasteiger partial charge in [0.1, 0.15) is 0 Å². The predicted molar refractivity (Wildman–Crippen MR) is 143 cm³/mol. The second-order valence-electron chi connectivity index (χ2n) is 10.2. The number of fused-ring (bicyclic) bond motifs is 5. The van der Waals surface area contributed by atoms with E-state index < -0.39 is 39.4 Å². The van der Waals surface area contributed by atoms with E-state index >= 15 is 0 Å². The third kappa shape index (κ3) is 2.82. The molecule has 3 aromatic rings. The Hall–Kier alpha value is -4.10. The SMILES string of the molecule is CC[C@@]12C(=O)[C@@](C)(C(c3ccccc3)=C1c1ccccc1)[C@@H]1C(=O)N(c3cc([N+](=O)[O-])ccc3Cl)C(=O)[C@@H]12. The lowest BCUT2D eigenvalue weighted by Crippen LogP contribution is -2.41. The second kappa shape index (κ2) is 8.20. The number of benzene rings is 3. The third-order valence-electron chi connectivity index (χ3n) is 8.62. The van der Waals surface area contributed by atoms with Crippen LogP contribution in [-0.2, 0) is 14.4 Å². The molecule has 0 aromatic heterocycles. The molecule has 0 spiro atoms. The normalized spacial score (nSPS) is 27.9. The van der Waals surface area contributed by atoms with E-state index in [1.165, 1.54) is 12.1 Å². The third-order valence-corrected chi connectivity index (χ3v) is 8.94. The number of nitro groups is 1. The number of nitrogens with zero attached hydrogens (tertiary/aromatic N) is 2. The summed E-state index contributed by atoms with van der Waals surface area (Å²) in [4.78, 5) is 54.7. The van der Waals surface area contributed by atoms with Gasteiger partial charge >= 0.3 is 0 Å². The summed E-state index contributed by atoms with van der Waals surface area (Å²) in [6, 6.07) is 22.7. The summed E-state index contributed by atoms with van der Waals surface area (Å²) < 4.78 is 0. The van der Waals surface area contributed by atoms with E-state index in [1.807, 2.05) is 67.6 Å². The van der Waals surface area contributed by atoms with E-state index in [9.17, 15) is 24.5 Å². The van der Waals surface area contributed by atoms with E-state index in [0.717, 1.165) is 33.2 Å². The van der Waals surface area contributed by atoms with E-state index in [1.54, 1.807) is 6.92 Å². The van der Waals surface area contributed by atoms with Crippen LogP contribution in [0.1, 0.15) is 31.4 Å². The second-order valence-corrected chi connectivity index (χ2v) is 10.6. The molecule has 2 bridgehead atoms. The van der Waals surface area contributed by atoms with Crippen LogP contribution < -0.4 is 4.90 Å². The molecule has 0 unspecified atom stereocenters. The molecule has 190 valence electrons. The Balaban J connectivity index is 1.63. The smallest absolute Gasteiger partial charge is 0.271 e. The molecule has 4 atom stereocenters. The van der Waals surface area contributed by atoms with Gasteiger partial charge < -0.3 is 0 Å². The molecule has 0 N–H and O–H groups in total. The first-order chi connectivity index (χ1) is 18.2. The number of carbonyl (C=O) groups is 3. The van der Waals surface area contributed by atoms with Crippen LogP contribution in [0, 0.1) is 32.8 Å². The van der Waals surface area contributed by atoms with Gasteiger partial charge in [-0.2, -0.15) is 0 Å². The Labute approximate surface area is 223 Å². The van der Waals surface area contributed by atoms with Gasteiger partial charge in [0.05, 0.1) is 38.3 Å². The number of hydrogen-bond acceptors (Lipinski definition) is 5. The number of hydrogen-bond donors (Lipinski definition) is 0. The van der Waals surface area contributed by atoms with Crippen LogP contribution in [0.4, 0.5) is 11.4 Å². The van der Waals surface area contributed by atoms with Gasteiger partial charge in [-0.15, -0.1) is 0 Å². The van der Waals surface area contributed by atoms with Crippen LogP contribution in [0.25, 0.3) is 11.1 Å². The number of anilines is 1. The minimum Gasteiger partial charge on any atom is -0.298 e. The fourth-order valence-electron chi connectivity index (χ4n) is 7.15. The van der Waals surface area contributed by atoms with Crippen LogP contribution >= 0.6 is 11.6 Å². The molecule has 8 heteroatoms. The predicted octanol–water partition coefficient (Wildman–Crippen LogP) is 5.96. The molecule has 0 radical (unpaired) electrons. The molecule has 1 saturated carbocycles. The molecule has 1 aliphatic heterocycles. The van der Waals surface area contributed by atoms with Gasteiger partial charge in [0.25, 0.3) is 5.69 Å². The van der Waals surface area contributed by atoms with Crippen molar-refractivity contribution in [3.05, 3.63) is 105 Å². The van der Waals surface area contributed by atoms with Gasteiger partial charge in [-0.1, -0.05) is 79.2 Å². The minimum absolute atomic E-state index is 0.0329. The Kier molecular flexibility index (Phi) is 5.23. The molecule has 6 rings (SSSR count). The van der Waals surface area contributed by atoms with Crippen LogP contribution in [-0.4, -0.2) is 22.5 Å². The summed E-state index contributed by atoms with van der Waals surface area (Å²) >= 11 is 6.39. The average molecular weight is 527 g/mol. The number of Topliss-reactive ketones (excluding diaryl/α,β-unsaturated/α-hetero) is 1. The number of carbonyl (C=O) groups excluding carboxylic acids is 3. The molecule has 7 nitrogen and oxygen atoms in total. The number of non-ortho nitro benzene ring substituents is 1. The highest BCUT2D eigenvalue weighted by Gasteiger charge is 2.79. The Bertz CT molecular complexity index is 1580. The van der Waals surface area contributed by atoms with Crippen molar-refractivity contribution < 1.29 is 19.3 Å². The van der Waals surface area contributed by atoms with E-state index in [0.29, 0.717) is 6.42 Å². The van der Waals surface area contributed by atoms with Crippen molar-refractivity contribution in [1.29, 1.82) is 0 Å². The standard InChI is InChI=1S/C30H23ClN2O5/c1-3-30-23(18-12-8-5-9-13-18)22(17-10-6-4-7-11-17)29(2,28(30)36)24-25(30)27(35)32(26(24)34)21-16-19(33(37)38)14-15-20(21)31/h4-16,24-25H,3H2,1-2H3/t24-,25+,29-,30+/m0/s1. The number of allylic oxidation sites excluding steroid dienone is 2. The number of ketones is 1. The zero-order chi connectivity index (χ0) is 27.0. The largest absolute Gasteiger partial charge is 0.298 e. The van der Waals surface area contributed by atoms with Crippen LogP contribution in [0.2, 0.25) is 5.02 Å². The van der Waals surface area contributed by atoms with Gasteiger partial charge in [-0.3, -0.25) is 24.5 Å². The van der Waals surface area contributed by atoms with Crippen molar-refractivity contribution in [3.63, 3.8) is 0 Å². The molecule has 2 fully saturated rings. The van der Waals surface area contributed by atoms with Crippen molar-refractivity contribution >= 4 is 51.7 Å². The Morgan fingerprint density at radius 2 is 1.42 bits per heavy atom. The molecule has 3 aromatic carbocycles. The first kappa shape index (κ1) is 24.2. The number of rotatable bonds is 5. The highest BCUT2D eigenvalue weighted by Crippen LogP contribution is 2.74. The van der Waals surface area contributed by atoms with E-state index in [-0.39, 0.29) is 22.2 Å². The van der Waals surface area contributed by atoms with Gasteiger partial charge in [0, 0.05) is 12.1 Å². The molecule has 1 saturated heterocycles. The fraction of sp³-hybridized carbons (Fsp3) is 0.233. The van der Waals surface area contributed by atoms with Gasteiger partial charge in [-0.25, -0.2) is 4.90 Å². The quantitative estimate of drug-likeness (QED) is 0.232. The van der Waals surface area contributed by atoms with Crippen molar-refractivity contribution in [2.75, 3.05) is 4.90 Å². The van der Waals surface area contributed by atoms with Crippen molar-refractivity contribution in [3.8, 4) is 0 Å². The number of amides is 2. The number of halogens is 1. The topological polar surface area (TPSA) is 97.6 Å². The van der Waals surface area contributed by atoms with Crippen molar-refractivity contribution in [1.82, 2.24) is 0 Å². The molecule has 2 aliphatic carbocycles. The number of imide groups is 1. The van der Waals surface area contributed by atoms with Crippen LogP contribution in [0.15, 0.2) is 78.9 Å². The highest BCUT2D eigenvalue weighted by atomic mass is 35.5. The van der Waals surface area contributed by atoms with Crippen LogP contribution in [0.3, 0.4) is 0 Å². The lowest BCUT2D eigenvalue weighted by atomic mass is 9.62. The zero-order valence-electron chi connectivity index (χ0n) is 20.7. The lowest BCUT2D eigenvalue weighted by Gasteiger charge is -2.37. The summed E-state index contributed by atoms with van der Waals surface area (Å²) in [6.07, 6.45) is 0.318. The van der Waals surface area contributed by atoms with Gasteiger partial charge in [0.15, 0.2) is 5.78 Å². The first-order valence-corrected chi connectivity index (χ1v) is 12.8. The maximum absolute atomic E-state index is 14.5. The van der Waals surface area contributed by atoms with Crippen molar-refractivity contribution in [2.24, 2.45) is 22.7 Å². The summed E-state index contributed by atoms with van der Waals surface area (Å²) in [5, 5.41) is 11.5. The zero-order valence-corrected chi connectivity index (χ0v) is 21.4. The Morgan fingerprint density at radius 3 is 1.97 bits per heavy atom. The molecular weight excluding hydrogens is 504 g/mol. The summed E-state index contributed by atoms with van der Waals surface area (Å²) in [7, 11) is 0. The van der Waals surface area contributed by atoms with E-state index in [2.05, 4.69) is 0 Å². The number of nitro benzene ring substituents is 1. The average Bonchev–Trinajstić information content (AvgIpc) is 3.39. The van der Waals surface area contributed by atoms with Gasteiger partial charge in [-0.05, 0) is 41.7 Å². The maximum atomic E-state index is 14.5. The fourth-order valence-corrected chi connectivity index (χ4v) is 7.35.